The third-order valence-electron chi connectivity index (χ3n) is 3.32. The van der Waals surface area contributed by atoms with E-state index in [0.717, 1.165) is 24.2 Å². The van der Waals surface area contributed by atoms with Gasteiger partial charge in [0.1, 0.15) is 0 Å². The molecule has 1 N–H and O–H groups in total. The summed E-state index contributed by atoms with van der Waals surface area (Å²) in [7, 11) is 1.42. The van der Waals surface area contributed by atoms with E-state index in [4.69, 9.17) is 4.74 Å². The second kappa shape index (κ2) is 3.80. The maximum absolute atomic E-state index is 11.5. The van der Waals surface area contributed by atoms with Crippen LogP contribution in [0.4, 0.5) is 4.79 Å². The summed E-state index contributed by atoms with van der Waals surface area (Å²) in [5.74, 6) is 0. The standard InChI is InChI=1S/C13H14N2O2/c1-17-13(16)15-7-6-10-9-4-2-3-5-11(9)14-12(10)8-15/h2-5,14H,6-8H2,1H3. The summed E-state index contributed by atoms with van der Waals surface area (Å²) in [6.45, 7) is 1.33. The van der Waals surface area contributed by atoms with Crippen molar-refractivity contribution in [3.05, 3.63) is 35.5 Å². The van der Waals surface area contributed by atoms with E-state index >= 15 is 0 Å². The minimum atomic E-state index is -0.255. The number of benzene rings is 1. The van der Waals surface area contributed by atoms with E-state index in [9.17, 15) is 4.79 Å². The second-order valence-electron chi connectivity index (χ2n) is 4.27. The first-order valence-corrected chi connectivity index (χ1v) is 5.71. The summed E-state index contributed by atoms with van der Waals surface area (Å²) >= 11 is 0. The molecule has 2 heterocycles. The number of carbonyl (C=O) groups excluding carboxylic acids is 1. The molecule has 17 heavy (non-hydrogen) atoms. The Labute approximate surface area is 99.2 Å². The lowest BCUT2D eigenvalue weighted by Gasteiger charge is -2.25. The molecule has 0 spiro atoms. The van der Waals surface area contributed by atoms with Crippen molar-refractivity contribution < 1.29 is 9.53 Å². The highest BCUT2D eigenvalue weighted by Crippen LogP contribution is 2.27. The highest BCUT2D eigenvalue weighted by molar-refractivity contribution is 5.85. The van der Waals surface area contributed by atoms with Gasteiger partial charge in [-0.3, -0.25) is 0 Å². The summed E-state index contributed by atoms with van der Waals surface area (Å²) in [5.41, 5.74) is 3.60. The molecule has 1 aromatic carbocycles. The van der Waals surface area contributed by atoms with Crippen LogP contribution in [0.1, 0.15) is 11.3 Å². The first-order valence-electron chi connectivity index (χ1n) is 5.71. The number of para-hydroxylation sites is 1. The number of nitrogens with zero attached hydrogens (tertiary/aromatic N) is 1. The van der Waals surface area contributed by atoms with Crippen molar-refractivity contribution in [2.75, 3.05) is 13.7 Å². The number of fused-ring (bicyclic) bond motifs is 3. The Morgan fingerprint density at radius 2 is 2.24 bits per heavy atom. The number of ether oxygens (including phenoxy) is 1. The third-order valence-corrected chi connectivity index (χ3v) is 3.32. The number of aromatic amines is 1. The minimum Gasteiger partial charge on any atom is -0.453 e. The lowest BCUT2D eigenvalue weighted by Crippen LogP contribution is -2.35. The molecule has 0 saturated carbocycles. The molecule has 88 valence electrons. The van der Waals surface area contributed by atoms with Crippen LogP contribution in [-0.2, 0) is 17.7 Å². The molecule has 1 aromatic heterocycles. The first kappa shape index (κ1) is 10.2. The van der Waals surface area contributed by atoms with Crippen LogP contribution in [0.2, 0.25) is 0 Å². The lowest BCUT2D eigenvalue weighted by molar-refractivity contribution is 0.118. The second-order valence-corrected chi connectivity index (χ2v) is 4.27. The molecule has 0 unspecified atom stereocenters. The van der Waals surface area contributed by atoms with E-state index in [-0.39, 0.29) is 6.09 Å². The first-order chi connectivity index (χ1) is 8.29. The van der Waals surface area contributed by atoms with Gasteiger partial charge in [0, 0.05) is 23.1 Å². The molecule has 1 aliphatic rings. The molecular weight excluding hydrogens is 216 g/mol. The predicted molar refractivity (Wildman–Crippen MR) is 64.8 cm³/mol. The average Bonchev–Trinajstić information content (AvgIpc) is 2.75. The SMILES string of the molecule is COC(=O)N1CCc2c([nH]c3ccccc23)C1. The number of amides is 1. The fourth-order valence-corrected chi connectivity index (χ4v) is 2.48. The molecule has 0 saturated heterocycles. The van der Waals surface area contributed by atoms with Crippen molar-refractivity contribution in [1.29, 1.82) is 0 Å². The number of aromatic nitrogens is 1. The van der Waals surface area contributed by atoms with Gasteiger partial charge in [0.2, 0.25) is 0 Å². The van der Waals surface area contributed by atoms with Crippen LogP contribution in [-0.4, -0.2) is 29.6 Å². The zero-order valence-electron chi connectivity index (χ0n) is 9.69. The zero-order valence-corrected chi connectivity index (χ0v) is 9.69. The highest BCUT2D eigenvalue weighted by atomic mass is 16.5. The van der Waals surface area contributed by atoms with E-state index in [1.54, 1.807) is 4.90 Å². The van der Waals surface area contributed by atoms with Gasteiger partial charge in [-0.1, -0.05) is 18.2 Å². The molecule has 1 aliphatic heterocycles. The topological polar surface area (TPSA) is 45.3 Å². The monoisotopic (exact) mass is 230 g/mol. The Kier molecular flexibility index (Phi) is 2.28. The fourth-order valence-electron chi connectivity index (χ4n) is 2.48. The van der Waals surface area contributed by atoms with Crippen molar-refractivity contribution in [3.63, 3.8) is 0 Å². The fraction of sp³-hybridized carbons (Fsp3) is 0.308. The van der Waals surface area contributed by atoms with Crippen molar-refractivity contribution in [1.82, 2.24) is 9.88 Å². The number of hydrogen-bond acceptors (Lipinski definition) is 2. The quantitative estimate of drug-likeness (QED) is 0.754. The van der Waals surface area contributed by atoms with Crippen molar-refractivity contribution in [2.45, 2.75) is 13.0 Å². The largest absolute Gasteiger partial charge is 0.453 e. The predicted octanol–water partition coefficient (Wildman–Crippen LogP) is 2.29. The van der Waals surface area contributed by atoms with Gasteiger partial charge in [0.15, 0.2) is 0 Å². The van der Waals surface area contributed by atoms with Crippen LogP contribution < -0.4 is 0 Å². The van der Waals surface area contributed by atoms with Crippen LogP contribution in [0, 0.1) is 0 Å². The van der Waals surface area contributed by atoms with E-state index in [1.165, 1.54) is 18.1 Å². The van der Waals surface area contributed by atoms with Gasteiger partial charge in [-0.2, -0.15) is 0 Å². The molecule has 4 nitrogen and oxygen atoms in total. The lowest BCUT2D eigenvalue weighted by atomic mass is 10.0. The van der Waals surface area contributed by atoms with Crippen LogP contribution >= 0.6 is 0 Å². The number of H-pyrrole nitrogens is 1. The van der Waals surface area contributed by atoms with Gasteiger partial charge < -0.3 is 14.6 Å². The summed E-state index contributed by atoms with van der Waals surface area (Å²) in [6, 6.07) is 8.25. The highest BCUT2D eigenvalue weighted by Gasteiger charge is 2.23. The Morgan fingerprint density at radius 1 is 1.41 bits per heavy atom. The number of hydrogen-bond donors (Lipinski definition) is 1. The third kappa shape index (κ3) is 1.56. The van der Waals surface area contributed by atoms with E-state index < -0.39 is 0 Å². The van der Waals surface area contributed by atoms with Gasteiger partial charge >= 0.3 is 6.09 Å². The van der Waals surface area contributed by atoms with Gasteiger partial charge in [0.25, 0.3) is 0 Å². The summed E-state index contributed by atoms with van der Waals surface area (Å²) in [6.07, 6.45) is 0.628. The van der Waals surface area contributed by atoms with Gasteiger partial charge in [0.05, 0.1) is 13.7 Å². The summed E-state index contributed by atoms with van der Waals surface area (Å²) in [5, 5.41) is 1.27. The normalized spacial score (nSPS) is 14.8. The van der Waals surface area contributed by atoms with E-state index in [0.29, 0.717) is 6.54 Å². The molecule has 0 aliphatic carbocycles. The van der Waals surface area contributed by atoms with Crippen LogP contribution in [0.15, 0.2) is 24.3 Å². The molecular formula is C13H14N2O2. The number of rotatable bonds is 0. The van der Waals surface area contributed by atoms with Gasteiger partial charge in [-0.15, -0.1) is 0 Å². The maximum atomic E-state index is 11.5. The molecule has 2 aromatic rings. The van der Waals surface area contributed by atoms with Crippen LogP contribution in [0.3, 0.4) is 0 Å². The number of nitrogens with one attached hydrogen (secondary N) is 1. The molecule has 3 rings (SSSR count). The molecule has 0 fully saturated rings. The molecule has 0 bridgehead atoms. The smallest absolute Gasteiger partial charge is 0.409 e. The number of carbonyl (C=O) groups is 1. The van der Waals surface area contributed by atoms with E-state index in [1.807, 2.05) is 12.1 Å². The average molecular weight is 230 g/mol. The molecule has 4 heteroatoms. The van der Waals surface area contributed by atoms with Gasteiger partial charge in [-0.05, 0) is 18.1 Å². The van der Waals surface area contributed by atoms with Crippen LogP contribution in [0.5, 0.6) is 0 Å². The van der Waals surface area contributed by atoms with Gasteiger partial charge in [-0.25, -0.2) is 4.79 Å². The molecule has 0 radical (unpaired) electrons. The van der Waals surface area contributed by atoms with Crippen LogP contribution in [0.25, 0.3) is 10.9 Å². The Balaban J connectivity index is 2.00. The van der Waals surface area contributed by atoms with Crippen molar-refractivity contribution >= 4 is 17.0 Å². The maximum Gasteiger partial charge on any atom is 0.409 e. The molecule has 1 amide bonds. The van der Waals surface area contributed by atoms with E-state index in [2.05, 4.69) is 17.1 Å². The number of methoxy groups -OCH3 is 1. The Hall–Kier alpha value is -1.97. The zero-order chi connectivity index (χ0) is 11.8. The van der Waals surface area contributed by atoms with Crippen molar-refractivity contribution in [3.8, 4) is 0 Å². The van der Waals surface area contributed by atoms with Crippen molar-refractivity contribution in [2.24, 2.45) is 0 Å². The molecule has 0 atom stereocenters. The Morgan fingerprint density at radius 3 is 3.06 bits per heavy atom. The minimum absolute atomic E-state index is 0.255. The summed E-state index contributed by atoms with van der Waals surface area (Å²) in [4.78, 5) is 16.6. The summed E-state index contributed by atoms with van der Waals surface area (Å²) < 4.78 is 4.75. The Bertz CT molecular complexity index is 574.